The van der Waals surface area contributed by atoms with Gasteiger partial charge in [-0.3, -0.25) is 4.79 Å². The third-order valence-electron chi connectivity index (χ3n) is 5.10. The maximum atomic E-state index is 12.9. The lowest BCUT2D eigenvalue weighted by atomic mass is 9.97. The topological polar surface area (TPSA) is 66.9 Å². The molecule has 2 saturated heterocycles. The summed E-state index contributed by atoms with van der Waals surface area (Å²) in [6.45, 7) is 2.36. The first-order chi connectivity index (χ1) is 12.0. The van der Waals surface area contributed by atoms with Crippen molar-refractivity contribution in [3.05, 3.63) is 24.3 Å². The molecule has 1 aromatic carbocycles. The largest absolute Gasteiger partial charge is 0.497 e. The number of rotatable bonds is 4. The van der Waals surface area contributed by atoms with Crippen molar-refractivity contribution in [1.82, 2.24) is 9.21 Å². The Hall–Kier alpha value is -1.60. The maximum absolute atomic E-state index is 12.9. The van der Waals surface area contributed by atoms with Crippen LogP contribution in [0.4, 0.5) is 0 Å². The Morgan fingerprint density at radius 3 is 2.36 bits per heavy atom. The molecule has 0 spiro atoms. The van der Waals surface area contributed by atoms with Crippen LogP contribution in [0.3, 0.4) is 0 Å². The minimum Gasteiger partial charge on any atom is -0.497 e. The second-order valence-corrected chi connectivity index (χ2v) is 8.70. The van der Waals surface area contributed by atoms with Gasteiger partial charge in [-0.05, 0) is 56.4 Å². The lowest BCUT2D eigenvalue weighted by Crippen LogP contribution is -2.47. The van der Waals surface area contributed by atoms with Crippen LogP contribution in [0.15, 0.2) is 29.2 Å². The number of hydrogen-bond acceptors (Lipinski definition) is 4. The molecule has 6 nitrogen and oxygen atoms in total. The number of sulfonamides is 1. The first kappa shape index (κ1) is 18.2. The van der Waals surface area contributed by atoms with E-state index >= 15 is 0 Å². The summed E-state index contributed by atoms with van der Waals surface area (Å²) in [4.78, 5) is 14.9. The number of likely N-dealkylation sites (tertiary alicyclic amines) is 1. The Morgan fingerprint density at radius 1 is 1.04 bits per heavy atom. The number of carbonyl (C=O) groups is 1. The molecule has 1 amide bonds. The number of amides is 1. The molecular weight excluding hydrogens is 340 g/mol. The van der Waals surface area contributed by atoms with Gasteiger partial charge < -0.3 is 9.64 Å². The third-order valence-corrected chi connectivity index (χ3v) is 6.98. The molecule has 0 radical (unpaired) electrons. The smallest absolute Gasteiger partial charge is 0.243 e. The molecule has 2 fully saturated rings. The minimum absolute atomic E-state index is 0.120. The Labute approximate surface area is 149 Å². The van der Waals surface area contributed by atoms with Crippen LogP contribution in [0.2, 0.25) is 0 Å². The van der Waals surface area contributed by atoms with Crippen molar-refractivity contribution in [3.8, 4) is 5.75 Å². The summed E-state index contributed by atoms with van der Waals surface area (Å²) >= 11 is 0. The highest BCUT2D eigenvalue weighted by Gasteiger charge is 2.35. The van der Waals surface area contributed by atoms with E-state index in [4.69, 9.17) is 4.74 Å². The van der Waals surface area contributed by atoms with Crippen molar-refractivity contribution in [2.24, 2.45) is 5.92 Å². The molecule has 0 aromatic heterocycles. The number of piperidine rings is 2. The SMILES string of the molecule is COc1ccc(S(=O)(=O)N2CCC[C@@H](C(=O)N3CCCCC3)C2)cc1. The summed E-state index contributed by atoms with van der Waals surface area (Å²) in [5.41, 5.74) is 0. The van der Waals surface area contributed by atoms with Crippen molar-refractivity contribution in [1.29, 1.82) is 0 Å². The Morgan fingerprint density at radius 2 is 1.72 bits per heavy atom. The van der Waals surface area contributed by atoms with Gasteiger partial charge in [0.1, 0.15) is 5.75 Å². The van der Waals surface area contributed by atoms with Gasteiger partial charge >= 0.3 is 0 Å². The highest BCUT2D eigenvalue weighted by atomic mass is 32.2. The molecule has 0 saturated carbocycles. The van der Waals surface area contributed by atoms with Gasteiger partial charge in [-0.15, -0.1) is 0 Å². The van der Waals surface area contributed by atoms with Crippen molar-refractivity contribution in [2.45, 2.75) is 37.0 Å². The molecule has 0 bridgehead atoms. The summed E-state index contributed by atoms with van der Waals surface area (Å²) in [5, 5.41) is 0. The summed E-state index contributed by atoms with van der Waals surface area (Å²) in [6.07, 6.45) is 4.76. The number of ether oxygens (including phenoxy) is 1. The normalized spacial score (nSPS) is 22.6. The van der Waals surface area contributed by atoms with Crippen LogP contribution in [-0.4, -0.2) is 56.8 Å². The zero-order chi connectivity index (χ0) is 17.9. The average Bonchev–Trinajstić information content (AvgIpc) is 2.68. The standard InChI is InChI=1S/C18H26N2O4S/c1-24-16-7-9-17(10-8-16)25(22,23)20-13-5-6-15(14-20)18(21)19-11-3-2-4-12-19/h7-10,15H,2-6,11-14H2,1H3/t15-/m1/s1. The van der Waals surface area contributed by atoms with E-state index < -0.39 is 10.0 Å². The molecule has 1 atom stereocenters. The van der Waals surface area contributed by atoms with Crippen LogP contribution in [0.5, 0.6) is 5.75 Å². The summed E-state index contributed by atoms with van der Waals surface area (Å²) in [5.74, 6) is 0.518. The van der Waals surface area contributed by atoms with E-state index in [1.807, 2.05) is 4.90 Å². The van der Waals surface area contributed by atoms with Gasteiger partial charge in [0.25, 0.3) is 0 Å². The fraction of sp³-hybridized carbons (Fsp3) is 0.611. The maximum Gasteiger partial charge on any atom is 0.243 e. The molecule has 2 aliphatic heterocycles. The molecule has 0 N–H and O–H groups in total. The summed E-state index contributed by atoms with van der Waals surface area (Å²) < 4.78 is 32.3. The fourth-order valence-electron chi connectivity index (χ4n) is 3.63. The molecule has 7 heteroatoms. The summed E-state index contributed by atoms with van der Waals surface area (Å²) in [6, 6.07) is 6.41. The molecule has 3 rings (SSSR count). The molecule has 138 valence electrons. The van der Waals surface area contributed by atoms with Crippen LogP contribution in [0, 0.1) is 5.92 Å². The quantitative estimate of drug-likeness (QED) is 0.819. The first-order valence-electron chi connectivity index (χ1n) is 8.95. The third kappa shape index (κ3) is 3.98. The lowest BCUT2D eigenvalue weighted by Gasteiger charge is -2.35. The predicted octanol–water partition coefficient (Wildman–Crippen LogP) is 2.11. The lowest BCUT2D eigenvalue weighted by molar-refractivity contribution is -0.137. The van der Waals surface area contributed by atoms with E-state index in [1.54, 1.807) is 31.4 Å². The molecular formula is C18H26N2O4S. The number of nitrogens with zero attached hydrogens (tertiary/aromatic N) is 2. The van der Waals surface area contributed by atoms with E-state index in [-0.39, 0.29) is 23.3 Å². The number of carbonyl (C=O) groups excluding carboxylic acids is 1. The second kappa shape index (κ2) is 7.74. The Balaban J connectivity index is 1.71. The van der Waals surface area contributed by atoms with Crippen molar-refractivity contribution in [3.63, 3.8) is 0 Å². The fourth-order valence-corrected chi connectivity index (χ4v) is 5.16. The van der Waals surface area contributed by atoms with Crippen molar-refractivity contribution >= 4 is 15.9 Å². The van der Waals surface area contributed by atoms with Gasteiger partial charge in [0.15, 0.2) is 0 Å². The molecule has 1 aromatic rings. The zero-order valence-corrected chi connectivity index (χ0v) is 15.5. The highest BCUT2D eigenvalue weighted by molar-refractivity contribution is 7.89. The van der Waals surface area contributed by atoms with Gasteiger partial charge in [0.05, 0.1) is 17.9 Å². The minimum atomic E-state index is -3.58. The average molecular weight is 366 g/mol. The van der Waals surface area contributed by atoms with Gasteiger partial charge in [-0.25, -0.2) is 8.42 Å². The summed E-state index contributed by atoms with van der Waals surface area (Å²) in [7, 11) is -2.03. The van der Waals surface area contributed by atoms with E-state index in [9.17, 15) is 13.2 Å². The molecule has 0 unspecified atom stereocenters. The number of hydrogen-bond donors (Lipinski definition) is 0. The predicted molar refractivity (Wildman–Crippen MR) is 94.9 cm³/mol. The van der Waals surface area contributed by atoms with Crippen LogP contribution in [0.25, 0.3) is 0 Å². The number of methoxy groups -OCH3 is 1. The Kier molecular flexibility index (Phi) is 5.64. The van der Waals surface area contributed by atoms with E-state index in [1.165, 1.54) is 10.7 Å². The van der Waals surface area contributed by atoms with Crippen molar-refractivity contribution < 1.29 is 17.9 Å². The first-order valence-corrected chi connectivity index (χ1v) is 10.4. The molecule has 25 heavy (non-hydrogen) atoms. The van der Waals surface area contributed by atoms with E-state index in [0.717, 1.165) is 38.8 Å². The van der Waals surface area contributed by atoms with Crippen LogP contribution < -0.4 is 4.74 Å². The van der Waals surface area contributed by atoms with Crippen molar-refractivity contribution in [2.75, 3.05) is 33.3 Å². The van der Waals surface area contributed by atoms with Gasteiger partial charge in [-0.2, -0.15) is 4.31 Å². The number of benzene rings is 1. The van der Waals surface area contributed by atoms with Gasteiger partial charge in [-0.1, -0.05) is 0 Å². The van der Waals surface area contributed by atoms with Crippen LogP contribution in [0.1, 0.15) is 32.1 Å². The zero-order valence-electron chi connectivity index (χ0n) is 14.7. The monoisotopic (exact) mass is 366 g/mol. The van der Waals surface area contributed by atoms with Gasteiger partial charge in [0.2, 0.25) is 15.9 Å². The Bertz CT molecular complexity index is 696. The van der Waals surface area contributed by atoms with Crippen LogP contribution >= 0.6 is 0 Å². The van der Waals surface area contributed by atoms with E-state index in [2.05, 4.69) is 0 Å². The van der Waals surface area contributed by atoms with Crippen LogP contribution in [-0.2, 0) is 14.8 Å². The van der Waals surface area contributed by atoms with E-state index in [0.29, 0.717) is 12.3 Å². The molecule has 0 aliphatic carbocycles. The second-order valence-electron chi connectivity index (χ2n) is 6.76. The molecule has 2 aliphatic rings. The highest BCUT2D eigenvalue weighted by Crippen LogP contribution is 2.26. The molecule has 2 heterocycles. The van der Waals surface area contributed by atoms with Gasteiger partial charge in [0, 0.05) is 26.2 Å².